The summed E-state index contributed by atoms with van der Waals surface area (Å²) in [6.07, 6.45) is 5.86. The lowest BCUT2D eigenvalue weighted by molar-refractivity contribution is -0.146. The Balaban J connectivity index is 1.63. The first-order chi connectivity index (χ1) is 21.2. The van der Waals surface area contributed by atoms with Crippen molar-refractivity contribution in [2.24, 2.45) is 11.8 Å². The Morgan fingerprint density at radius 2 is 1.75 bits per heavy atom. The topological polar surface area (TPSA) is 90.4 Å². The highest BCUT2D eigenvalue weighted by molar-refractivity contribution is 6.34. The van der Waals surface area contributed by atoms with E-state index in [0.717, 1.165) is 5.56 Å². The molecule has 3 aliphatic rings. The highest BCUT2D eigenvalue weighted by Gasteiger charge is 2.79. The molecule has 3 aliphatic heterocycles. The molecule has 9 heteroatoms. The van der Waals surface area contributed by atoms with E-state index in [1.807, 2.05) is 56.3 Å². The van der Waals surface area contributed by atoms with Gasteiger partial charge in [0.2, 0.25) is 11.8 Å². The predicted molar refractivity (Wildman–Crippen MR) is 173 cm³/mol. The van der Waals surface area contributed by atoms with Gasteiger partial charge in [-0.15, -0.1) is 13.2 Å². The van der Waals surface area contributed by atoms with Gasteiger partial charge in [-0.2, -0.15) is 0 Å². The van der Waals surface area contributed by atoms with Crippen LogP contribution in [-0.2, 0) is 19.1 Å². The Bertz CT molecular complexity index is 1410. The third-order valence-corrected chi connectivity index (χ3v) is 9.97. The number of para-hydroxylation sites is 2. The van der Waals surface area contributed by atoms with Crippen molar-refractivity contribution in [3.8, 4) is 0 Å². The molecule has 2 bridgehead atoms. The second-order valence-corrected chi connectivity index (χ2v) is 12.4. The number of aliphatic hydroxyl groups is 1. The zero-order valence-corrected chi connectivity index (χ0v) is 26.3. The Kier molecular flexibility index (Phi) is 9.35. The normalized spacial score (nSPS) is 26.9. The second kappa shape index (κ2) is 12.9. The third kappa shape index (κ3) is 5.07. The molecular weight excluding hydrogens is 578 g/mol. The minimum Gasteiger partial charge on any atom is -0.396 e. The van der Waals surface area contributed by atoms with Crippen LogP contribution in [0.1, 0.15) is 44.6 Å². The van der Waals surface area contributed by atoms with E-state index in [1.165, 1.54) is 0 Å². The van der Waals surface area contributed by atoms with Crippen LogP contribution in [0.2, 0.25) is 5.02 Å². The molecule has 0 aliphatic carbocycles. The van der Waals surface area contributed by atoms with Gasteiger partial charge in [0.25, 0.3) is 5.91 Å². The maximum atomic E-state index is 14.9. The summed E-state index contributed by atoms with van der Waals surface area (Å²) in [4.78, 5) is 49.0. The van der Waals surface area contributed by atoms with Crippen LogP contribution in [0.25, 0.3) is 0 Å². The van der Waals surface area contributed by atoms with Gasteiger partial charge in [-0.3, -0.25) is 14.4 Å². The maximum absolute atomic E-state index is 14.9. The van der Waals surface area contributed by atoms with Gasteiger partial charge >= 0.3 is 0 Å². The molecule has 5 atom stereocenters. The van der Waals surface area contributed by atoms with E-state index < -0.39 is 29.1 Å². The number of unbranched alkanes of at least 4 members (excludes halogenated alkanes) is 1. The van der Waals surface area contributed by atoms with Crippen LogP contribution in [0.5, 0.6) is 0 Å². The molecule has 1 spiro atoms. The Morgan fingerprint density at radius 3 is 2.39 bits per heavy atom. The van der Waals surface area contributed by atoms with Gasteiger partial charge in [-0.25, -0.2) is 0 Å². The summed E-state index contributed by atoms with van der Waals surface area (Å²) in [7, 11) is 0. The minimum atomic E-state index is -1.19. The Morgan fingerprint density at radius 1 is 1.05 bits per heavy atom. The van der Waals surface area contributed by atoms with E-state index >= 15 is 0 Å². The average Bonchev–Trinajstić information content (AvgIpc) is 3.63. The molecule has 3 heterocycles. The highest BCUT2D eigenvalue weighted by Crippen LogP contribution is 2.65. The number of hydrogen-bond acceptors (Lipinski definition) is 5. The van der Waals surface area contributed by atoms with E-state index in [-0.39, 0.29) is 44.0 Å². The first kappa shape index (κ1) is 31.9. The SMILES string of the molecule is C=CCN(C(=O)[C@H]1[C@H]2C(=O)N(CCCCO)C(C(=O)N(CC=C)c3c(C)cccc3Cl)C23CC[C@]1(CC)O3)c1ccccc1. The molecule has 0 radical (unpaired) electrons. The summed E-state index contributed by atoms with van der Waals surface area (Å²) in [5.74, 6) is -2.38. The first-order valence-electron chi connectivity index (χ1n) is 15.5. The van der Waals surface area contributed by atoms with Crippen molar-refractivity contribution in [1.82, 2.24) is 4.90 Å². The zero-order chi connectivity index (χ0) is 31.6. The lowest BCUT2D eigenvalue weighted by Crippen LogP contribution is -2.57. The smallest absolute Gasteiger partial charge is 0.253 e. The van der Waals surface area contributed by atoms with Gasteiger partial charge in [-0.1, -0.05) is 61.0 Å². The van der Waals surface area contributed by atoms with E-state index in [4.69, 9.17) is 16.3 Å². The summed E-state index contributed by atoms with van der Waals surface area (Å²) < 4.78 is 6.99. The Hall–Kier alpha value is -3.46. The molecule has 5 rings (SSSR count). The average molecular weight is 620 g/mol. The standard InChI is InChI=1S/C35H42ClN3O5/c1-5-20-37(25-15-9-8-10-16-25)31(41)27-28-32(42)39(22-11-12-23-40)30(35(28)19-18-34(27,7-3)44-35)33(43)38(21-6-2)29-24(4)14-13-17-26(29)36/h5-6,8-10,13-17,27-28,30,40H,1-2,7,11-12,18-23H2,3-4H3/t27-,28+,30?,34+,35?/m1/s1. The second-order valence-electron chi connectivity index (χ2n) is 12.0. The third-order valence-electron chi connectivity index (χ3n) is 9.67. The van der Waals surface area contributed by atoms with Gasteiger partial charge in [0, 0.05) is 31.9 Å². The van der Waals surface area contributed by atoms with Crippen molar-refractivity contribution < 1.29 is 24.2 Å². The van der Waals surface area contributed by atoms with Crippen LogP contribution >= 0.6 is 11.6 Å². The summed E-state index contributed by atoms with van der Waals surface area (Å²) in [5.41, 5.74) is 0.0215. The molecule has 2 unspecified atom stereocenters. The van der Waals surface area contributed by atoms with E-state index in [0.29, 0.717) is 48.5 Å². The van der Waals surface area contributed by atoms with Crippen molar-refractivity contribution in [2.75, 3.05) is 36.0 Å². The van der Waals surface area contributed by atoms with Crippen LogP contribution in [0.15, 0.2) is 73.8 Å². The monoisotopic (exact) mass is 619 g/mol. The highest BCUT2D eigenvalue weighted by atomic mass is 35.5. The van der Waals surface area contributed by atoms with Crippen molar-refractivity contribution in [3.05, 3.63) is 84.4 Å². The van der Waals surface area contributed by atoms with Crippen LogP contribution in [0.3, 0.4) is 0 Å². The van der Waals surface area contributed by atoms with Crippen molar-refractivity contribution >= 4 is 40.7 Å². The molecule has 3 amide bonds. The molecule has 0 saturated carbocycles. The lowest BCUT2D eigenvalue weighted by atomic mass is 9.64. The zero-order valence-electron chi connectivity index (χ0n) is 25.6. The summed E-state index contributed by atoms with van der Waals surface area (Å²) in [5, 5.41) is 9.95. The number of likely N-dealkylation sites (tertiary alicyclic amines) is 1. The maximum Gasteiger partial charge on any atom is 0.253 e. The first-order valence-corrected chi connectivity index (χ1v) is 15.8. The molecule has 2 aromatic carbocycles. The van der Waals surface area contributed by atoms with Gasteiger partial charge in [-0.05, 0) is 62.8 Å². The predicted octanol–water partition coefficient (Wildman–Crippen LogP) is 5.31. The summed E-state index contributed by atoms with van der Waals surface area (Å²) >= 11 is 6.67. The summed E-state index contributed by atoms with van der Waals surface area (Å²) in [6.45, 7) is 12.3. The molecule has 1 N–H and O–H groups in total. The van der Waals surface area contributed by atoms with Crippen molar-refractivity contribution in [2.45, 2.75) is 63.2 Å². The number of nitrogens with zero attached hydrogens (tertiary/aromatic N) is 3. The molecule has 234 valence electrons. The summed E-state index contributed by atoms with van der Waals surface area (Å²) in [6, 6.07) is 13.9. The van der Waals surface area contributed by atoms with Gasteiger partial charge < -0.3 is 24.5 Å². The number of anilines is 2. The quantitative estimate of drug-likeness (QED) is 0.242. The molecule has 8 nitrogen and oxygen atoms in total. The molecule has 2 aromatic rings. The van der Waals surface area contributed by atoms with E-state index in [9.17, 15) is 19.5 Å². The molecule has 3 saturated heterocycles. The van der Waals surface area contributed by atoms with Crippen LogP contribution in [-0.4, -0.2) is 71.2 Å². The van der Waals surface area contributed by atoms with Crippen LogP contribution in [0.4, 0.5) is 11.4 Å². The van der Waals surface area contributed by atoms with Gasteiger partial charge in [0.15, 0.2) is 0 Å². The van der Waals surface area contributed by atoms with Crippen LogP contribution < -0.4 is 9.80 Å². The molecular formula is C35H42ClN3O5. The number of carbonyl (C=O) groups excluding carboxylic acids is 3. The van der Waals surface area contributed by atoms with E-state index in [1.54, 1.807) is 32.9 Å². The fraction of sp³-hybridized carbons (Fsp3) is 0.457. The number of fused-ring (bicyclic) bond motifs is 1. The number of aliphatic hydroxyl groups excluding tert-OH is 1. The number of aryl methyl sites for hydroxylation is 1. The number of rotatable bonds is 13. The van der Waals surface area contributed by atoms with Crippen molar-refractivity contribution in [1.29, 1.82) is 0 Å². The molecule has 44 heavy (non-hydrogen) atoms. The van der Waals surface area contributed by atoms with Crippen molar-refractivity contribution in [3.63, 3.8) is 0 Å². The van der Waals surface area contributed by atoms with E-state index in [2.05, 4.69) is 13.2 Å². The number of ether oxygens (including phenoxy) is 1. The number of halogens is 1. The fourth-order valence-electron chi connectivity index (χ4n) is 7.77. The van der Waals surface area contributed by atoms with Gasteiger partial charge in [0.05, 0.1) is 28.1 Å². The number of hydrogen-bond donors (Lipinski definition) is 1. The molecule has 3 fully saturated rings. The number of amides is 3. The lowest BCUT2D eigenvalue weighted by Gasteiger charge is -2.37. The number of carbonyl (C=O) groups is 3. The van der Waals surface area contributed by atoms with Gasteiger partial charge in [0.1, 0.15) is 11.6 Å². The Labute approximate surface area is 264 Å². The largest absolute Gasteiger partial charge is 0.396 e. The molecule has 0 aromatic heterocycles. The fourth-order valence-corrected chi connectivity index (χ4v) is 8.09. The van der Waals surface area contributed by atoms with Crippen LogP contribution in [0, 0.1) is 18.8 Å². The number of benzene rings is 2. The minimum absolute atomic E-state index is 0.0270.